The molecule has 88 valence electrons. The van der Waals surface area contributed by atoms with Crippen molar-refractivity contribution in [1.29, 1.82) is 0 Å². The molecule has 4 nitrogen and oxygen atoms in total. The van der Waals surface area contributed by atoms with Crippen molar-refractivity contribution in [2.45, 2.75) is 20.4 Å². The van der Waals surface area contributed by atoms with Gasteiger partial charge in [-0.25, -0.2) is 0 Å². The summed E-state index contributed by atoms with van der Waals surface area (Å²) in [6, 6.07) is 9.63. The summed E-state index contributed by atoms with van der Waals surface area (Å²) in [7, 11) is 0. The number of nitrogens with two attached hydrogens (primary N) is 1. The molecular formula is C13H15N3O. The van der Waals surface area contributed by atoms with E-state index in [-0.39, 0.29) is 0 Å². The van der Waals surface area contributed by atoms with Crippen molar-refractivity contribution in [3.8, 4) is 11.6 Å². The maximum absolute atomic E-state index is 5.68. The lowest BCUT2D eigenvalue weighted by Crippen LogP contribution is -2.01. The topological polar surface area (TPSA) is 61.0 Å². The number of ether oxygens (including phenoxy) is 1. The van der Waals surface area contributed by atoms with Crippen LogP contribution in [0.5, 0.6) is 11.6 Å². The SMILES string of the molecule is Cc1ccc(C)c(Oc2ccc(CN)nn2)c1. The standard InChI is InChI=1S/C13H15N3O/c1-9-3-4-10(2)12(7-9)17-13-6-5-11(8-14)15-16-13/h3-7H,8,14H2,1-2H3. The molecule has 0 bridgehead atoms. The van der Waals surface area contributed by atoms with Crippen LogP contribution in [-0.2, 0) is 6.54 Å². The Morgan fingerprint density at radius 2 is 1.94 bits per heavy atom. The van der Waals surface area contributed by atoms with Gasteiger partial charge in [0.1, 0.15) is 5.75 Å². The number of hydrogen-bond donors (Lipinski definition) is 1. The summed E-state index contributed by atoms with van der Waals surface area (Å²) in [6.45, 7) is 4.41. The van der Waals surface area contributed by atoms with Crippen LogP contribution in [0.2, 0.25) is 0 Å². The molecule has 0 fully saturated rings. The Balaban J connectivity index is 2.22. The minimum Gasteiger partial charge on any atom is -0.437 e. The second-order valence-corrected chi connectivity index (χ2v) is 3.94. The molecule has 0 amide bonds. The van der Waals surface area contributed by atoms with Gasteiger partial charge in [-0.1, -0.05) is 12.1 Å². The lowest BCUT2D eigenvalue weighted by Gasteiger charge is -2.08. The van der Waals surface area contributed by atoms with E-state index in [1.165, 1.54) is 0 Å². The van der Waals surface area contributed by atoms with E-state index in [9.17, 15) is 0 Å². The summed E-state index contributed by atoms with van der Waals surface area (Å²) in [5, 5.41) is 7.91. The zero-order chi connectivity index (χ0) is 12.3. The van der Waals surface area contributed by atoms with Crippen LogP contribution in [0, 0.1) is 13.8 Å². The normalized spacial score (nSPS) is 10.3. The first kappa shape index (κ1) is 11.5. The number of rotatable bonds is 3. The Hall–Kier alpha value is -1.94. The second kappa shape index (κ2) is 4.93. The Morgan fingerprint density at radius 3 is 2.59 bits per heavy atom. The van der Waals surface area contributed by atoms with Gasteiger partial charge in [0, 0.05) is 12.6 Å². The van der Waals surface area contributed by atoms with E-state index in [1.807, 2.05) is 38.1 Å². The van der Waals surface area contributed by atoms with E-state index in [0.29, 0.717) is 12.4 Å². The second-order valence-electron chi connectivity index (χ2n) is 3.94. The minimum absolute atomic E-state index is 0.386. The van der Waals surface area contributed by atoms with E-state index >= 15 is 0 Å². The van der Waals surface area contributed by atoms with Gasteiger partial charge >= 0.3 is 0 Å². The van der Waals surface area contributed by atoms with Crippen molar-refractivity contribution < 1.29 is 4.74 Å². The van der Waals surface area contributed by atoms with Crippen molar-refractivity contribution in [2.24, 2.45) is 5.73 Å². The zero-order valence-electron chi connectivity index (χ0n) is 9.97. The lowest BCUT2D eigenvalue weighted by atomic mass is 10.1. The van der Waals surface area contributed by atoms with Crippen molar-refractivity contribution >= 4 is 0 Å². The van der Waals surface area contributed by atoms with Gasteiger partial charge in [0.25, 0.3) is 0 Å². The maximum Gasteiger partial charge on any atom is 0.238 e. The maximum atomic E-state index is 5.68. The average molecular weight is 229 g/mol. The van der Waals surface area contributed by atoms with Gasteiger partial charge in [-0.15, -0.1) is 5.10 Å². The van der Waals surface area contributed by atoms with E-state index in [1.54, 1.807) is 6.07 Å². The molecule has 0 aliphatic rings. The first-order valence-corrected chi connectivity index (χ1v) is 5.47. The Labute approximate surface area is 100 Å². The van der Waals surface area contributed by atoms with Crippen LogP contribution in [-0.4, -0.2) is 10.2 Å². The van der Waals surface area contributed by atoms with Gasteiger partial charge in [0.05, 0.1) is 5.69 Å². The van der Waals surface area contributed by atoms with Crippen LogP contribution < -0.4 is 10.5 Å². The van der Waals surface area contributed by atoms with Gasteiger partial charge in [-0.2, -0.15) is 5.10 Å². The summed E-state index contributed by atoms with van der Waals surface area (Å²) in [5.41, 5.74) is 8.42. The molecular weight excluding hydrogens is 214 g/mol. The molecule has 0 saturated carbocycles. The molecule has 0 radical (unpaired) electrons. The number of hydrogen-bond acceptors (Lipinski definition) is 4. The predicted molar refractivity (Wildman–Crippen MR) is 65.9 cm³/mol. The fourth-order valence-corrected chi connectivity index (χ4v) is 1.44. The summed E-state index contributed by atoms with van der Waals surface area (Å²) < 4.78 is 5.68. The van der Waals surface area contributed by atoms with E-state index < -0.39 is 0 Å². The monoisotopic (exact) mass is 229 g/mol. The van der Waals surface area contributed by atoms with Crippen molar-refractivity contribution in [3.05, 3.63) is 47.2 Å². The lowest BCUT2D eigenvalue weighted by molar-refractivity contribution is 0.450. The fourth-order valence-electron chi connectivity index (χ4n) is 1.44. The molecule has 0 saturated heterocycles. The molecule has 0 spiro atoms. The molecule has 2 N–H and O–H groups in total. The molecule has 4 heteroatoms. The van der Waals surface area contributed by atoms with Crippen molar-refractivity contribution in [2.75, 3.05) is 0 Å². The molecule has 1 aromatic heterocycles. The molecule has 0 atom stereocenters. The highest BCUT2D eigenvalue weighted by Gasteiger charge is 2.03. The molecule has 1 heterocycles. The first-order valence-electron chi connectivity index (χ1n) is 5.47. The molecule has 1 aromatic carbocycles. The highest BCUT2D eigenvalue weighted by molar-refractivity contribution is 5.38. The number of benzene rings is 1. The third-order valence-corrected chi connectivity index (χ3v) is 2.46. The van der Waals surface area contributed by atoms with Gasteiger partial charge in [-0.05, 0) is 37.1 Å². The molecule has 0 unspecified atom stereocenters. The van der Waals surface area contributed by atoms with Crippen molar-refractivity contribution in [3.63, 3.8) is 0 Å². The number of nitrogens with zero attached hydrogens (tertiary/aromatic N) is 2. The summed E-state index contributed by atoms with van der Waals surface area (Å²) in [5.74, 6) is 1.29. The van der Waals surface area contributed by atoms with E-state index in [0.717, 1.165) is 22.6 Å². The summed E-state index contributed by atoms with van der Waals surface area (Å²) in [6.07, 6.45) is 0. The quantitative estimate of drug-likeness (QED) is 0.877. The van der Waals surface area contributed by atoms with E-state index in [2.05, 4.69) is 10.2 Å². The van der Waals surface area contributed by atoms with Crippen LogP contribution in [0.25, 0.3) is 0 Å². The third kappa shape index (κ3) is 2.79. The van der Waals surface area contributed by atoms with Crippen molar-refractivity contribution in [1.82, 2.24) is 10.2 Å². The first-order chi connectivity index (χ1) is 8.19. The Bertz CT molecular complexity index is 509. The fraction of sp³-hybridized carbons (Fsp3) is 0.231. The molecule has 0 aliphatic carbocycles. The van der Waals surface area contributed by atoms with E-state index in [4.69, 9.17) is 10.5 Å². The van der Waals surface area contributed by atoms with Gasteiger partial charge < -0.3 is 10.5 Å². The summed E-state index contributed by atoms with van der Waals surface area (Å²) >= 11 is 0. The predicted octanol–water partition coefficient (Wildman–Crippen LogP) is 2.34. The molecule has 0 aliphatic heterocycles. The highest BCUT2D eigenvalue weighted by Crippen LogP contribution is 2.24. The number of aromatic nitrogens is 2. The van der Waals surface area contributed by atoms with Crippen LogP contribution in [0.15, 0.2) is 30.3 Å². The zero-order valence-corrected chi connectivity index (χ0v) is 9.97. The smallest absolute Gasteiger partial charge is 0.238 e. The van der Waals surface area contributed by atoms with Crippen LogP contribution >= 0.6 is 0 Å². The Morgan fingerprint density at radius 1 is 1.12 bits per heavy atom. The third-order valence-electron chi connectivity index (χ3n) is 2.46. The number of aryl methyl sites for hydroxylation is 2. The Kier molecular flexibility index (Phi) is 3.35. The largest absolute Gasteiger partial charge is 0.437 e. The van der Waals surface area contributed by atoms with Gasteiger partial charge in [0.15, 0.2) is 0 Å². The van der Waals surface area contributed by atoms with Gasteiger partial charge in [0.2, 0.25) is 5.88 Å². The minimum atomic E-state index is 0.386. The average Bonchev–Trinajstić information content (AvgIpc) is 2.35. The summed E-state index contributed by atoms with van der Waals surface area (Å²) in [4.78, 5) is 0. The van der Waals surface area contributed by atoms with Gasteiger partial charge in [-0.3, -0.25) is 0 Å². The molecule has 2 rings (SSSR count). The molecule has 2 aromatic rings. The highest BCUT2D eigenvalue weighted by atomic mass is 16.5. The molecule has 17 heavy (non-hydrogen) atoms. The van der Waals surface area contributed by atoms with Crippen LogP contribution in [0.4, 0.5) is 0 Å². The van der Waals surface area contributed by atoms with Crippen LogP contribution in [0.1, 0.15) is 16.8 Å². The van der Waals surface area contributed by atoms with Crippen LogP contribution in [0.3, 0.4) is 0 Å².